The fraction of sp³-hybridized carbons (Fsp3) is 0.444. The van der Waals surface area contributed by atoms with Gasteiger partial charge in [0.15, 0.2) is 0 Å². The first-order valence-electron chi connectivity index (χ1n) is 8.01. The van der Waals surface area contributed by atoms with E-state index in [-0.39, 0.29) is 6.10 Å². The summed E-state index contributed by atoms with van der Waals surface area (Å²) in [5.74, 6) is 1.61. The van der Waals surface area contributed by atoms with Crippen molar-refractivity contribution in [3.63, 3.8) is 0 Å². The standard InChI is InChI=1S/C18H23N3O2/c1-13-14(2)19-9-6-17(13)23-16-7-10-21(11-8-16)15-4-5-18(22-3)20-12-15/h4-6,9,12,16H,7-8,10-11H2,1-3H3. The predicted molar refractivity (Wildman–Crippen MR) is 90.4 cm³/mol. The number of pyridine rings is 2. The number of methoxy groups -OCH3 is 1. The maximum Gasteiger partial charge on any atom is 0.213 e. The van der Waals surface area contributed by atoms with E-state index in [1.807, 2.05) is 31.5 Å². The molecule has 1 saturated heterocycles. The van der Waals surface area contributed by atoms with Crippen LogP contribution in [0.15, 0.2) is 30.6 Å². The molecule has 3 heterocycles. The van der Waals surface area contributed by atoms with E-state index in [9.17, 15) is 0 Å². The van der Waals surface area contributed by atoms with Gasteiger partial charge in [-0.1, -0.05) is 0 Å². The highest BCUT2D eigenvalue weighted by Gasteiger charge is 2.21. The maximum absolute atomic E-state index is 6.19. The third-order valence-corrected chi connectivity index (χ3v) is 4.44. The van der Waals surface area contributed by atoms with Gasteiger partial charge in [-0.3, -0.25) is 4.98 Å². The number of anilines is 1. The predicted octanol–water partition coefficient (Wildman–Crippen LogP) is 3.15. The minimum absolute atomic E-state index is 0.262. The summed E-state index contributed by atoms with van der Waals surface area (Å²) in [7, 11) is 1.63. The molecule has 2 aromatic heterocycles. The summed E-state index contributed by atoms with van der Waals surface area (Å²) >= 11 is 0. The molecule has 3 rings (SSSR count). The highest BCUT2D eigenvalue weighted by molar-refractivity contribution is 5.46. The van der Waals surface area contributed by atoms with Crippen molar-refractivity contribution in [1.82, 2.24) is 9.97 Å². The number of piperidine rings is 1. The lowest BCUT2D eigenvalue weighted by atomic mass is 10.1. The molecule has 0 bridgehead atoms. The molecule has 5 heteroatoms. The Labute approximate surface area is 137 Å². The average Bonchev–Trinajstić information content (AvgIpc) is 2.60. The fourth-order valence-electron chi connectivity index (χ4n) is 2.84. The molecule has 0 spiro atoms. The Morgan fingerprint density at radius 3 is 2.52 bits per heavy atom. The quantitative estimate of drug-likeness (QED) is 0.868. The lowest BCUT2D eigenvalue weighted by molar-refractivity contribution is 0.169. The minimum atomic E-state index is 0.262. The van der Waals surface area contributed by atoms with Gasteiger partial charge < -0.3 is 14.4 Å². The van der Waals surface area contributed by atoms with E-state index in [4.69, 9.17) is 9.47 Å². The van der Waals surface area contributed by atoms with Gasteiger partial charge in [0.05, 0.1) is 19.0 Å². The van der Waals surface area contributed by atoms with E-state index < -0.39 is 0 Å². The van der Waals surface area contributed by atoms with Crippen LogP contribution >= 0.6 is 0 Å². The minimum Gasteiger partial charge on any atom is -0.490 e. The topological polar surface area (TPSA) is 47.5 Å². The van der Waals surface area contributed by atoms with Crippen molar-refractivity contribution in [2.75, 3.05) is 25.1 Å². The van der Waals surface area contributed by atoms with Crippen molar-refractivity contribution in [1.29, 1.82) is 0 Å². The second-order valence-corrected chi connectivity index (χ2v) is 5.88. The Hall–Kier alpha value is -2.30. The molecule has 122 valence electrons. The second kappa shape index (κ2) is 6.86. The largest absolute Gasteiger partial charge is 0.490 e. The Bertz CT molecular complexity index is 650. The molecule has 0 N–H and O–H groups in total. The molecule has 0 amide bonds. The lowest BCUT2D eigenvalue weighted by Crippen LogP contribution is -2.38. The van der Waals surface area contributed by atoms with Gasteiger partial charge in [-0.25, -0.2) is 4.98 Å². The van der Waals surface area contributed by atoms with E-state index in [0.29, 0.717) is 5.88 Å². The fourth-order valence-corrected chi connectivity index (χ4v) is 2.84. The van der Waals surface area contributed by atoms with Gasteiger partial charge in [0.25, 0.3) is 0 Å². The highest BCUT2D eigenvalue weighted by Crippen LogP contribution is 2.26. The van der Waals surface area contributed by atoms with E-state index >= 15 is 0 Å². The highest BCUT2D eigenvalue weighted by atomic mass is 16.5. The molecule has 0 saturated carbocycles. The number of aryl methyl sites for hydroxylation is 1. The molecule has 0 aromatic carbocycles. The Balaban J connectivity index is 1.58. The maximum atomic E-state index is 6.19. The van der Waals surface area contributed by atoms with Crippen LogP contribution in [0.25, 0.3) is 0 Å². The first kappa shape index (κ1) is 15.6. The molecule has 1 fully saturated rings. The summed E-state index contributed by atoms with van der Waals surface area (Å²) in [5, 5.41) is 0. The van der Waals surface area contributed by atoms with Crippen molar-refractivity contribution < 1.29 is 9.47 Å². The van der Waals surface area contributed by atoms with Gasteiger partial charge in [0.2, 0.25) is 5.88 Å². The lowest BCUT2D eigenvalue weighted by Gasteiger charge is -2.33. The number of ether oxygens (including phenoxy) is 2. The molecule has 0 unspecified atom stereocenters. The number of hydrogen-bond acceptors (Lipinski definition) is 5. The van der Waals surface area contributed by atoms with Crippen LogP contribution < -0.4 is 14.4 Å². The summed E-state index contributed by atoms with van der Waals surface area (Å²) < 4.78 is 11.3. The molecule has 1 aliphatic rings. The summed E-state index contributed by atoms with van der Waals surface area (Å²) in [6, 6.07) is 5.92. The smallest absolute Gasteiger partial charge is 0.213 e. The molecule has 0 aliphatic carbocycles. The normalized spacial score (nSPS) is 15.5. The molecule has 2 aromatic rings. The zero-order valence-corrected chi connectivity index (χ0v) is 14.0. The molecular formula is C18H23N3O2. The van der Waals surface area contributed by atoms with E-state index in [1.54, 1.807) is 7.11 Å². The van der Waals surface area contributed by atoms with E-state index in [2.05, 4.69) is 27.9 Å². The monoisotopic (exact) mass is 313 g/mol. The van der Waals surface area contributed by atoms with Gasteiger partial charge in [-0.05, 0) is 26.0 Å². The van der Waals surface area contributed by atoms with Crippen molar-refractivity contribution >= 4 is 5.69 Å². The third-order valence-electron chi connectivity index (χ3n) is 4.44. The van der Waals surface area contributed by atoms with E-state index in [0.717, 1.165) is 48.6 Å². The molecule has 23 heavy (non-hydrogen) atoms. The summed E-state index contributed by atoms with van der Waals surface area (Å²) in [4.78, 5) is 10.9. The van der Waals surface area contributed by atoms with Crippen LogP contribution in [0.3, 0.4) is 0 Å². The van der Waals surface area contributed by atoms with Gasteiger partial charge in [-0.15, -0.1) is 0 Å². The van der Waals surface area contributed by atoms with E-state index in [1.165, 1.54) is 0 Å². The summed E-state index contributed by atoms with van der Waals surface area (Å²) in [5.41, 5.74) is 3.30. The van der Waals surface area contributed by atoms with Crippen LogP contribution in [0.1, 0.15) is 24.1 Å². The van der Waals surface area contributed by atoms with Gasteiger partial charge in [0, 0.05) is 49.5 Å². The van der Waals surface area contributed by atoms with Gasteiger partial charge in [-0.2, -0.15) is 0 Å². The third kappa shape index (κ3) is 3.55. The first-order valence-corrected chi connectivity index (χ1v) is 8.01. The Kier molecular flexibility index (Phi) is 4.65. The number of rotatable bonds is 4. The zero-order chi connectivity index (χ0) is 16.2. The van der Waals surface area contributed by atoms with Crippen molar-refractivity contribution in [3.8, 4) is 11.6 Å². The summed E-state index contributed by atoms with van der Waals surface area (Å²) in [6.07, 6.45) is 5.96. The molecule has 1 aliphatic heterocycles. The van der Waals surface area contributed by atoms with Crippen LogP contribution in [0.2, 0.25) is 0 Å². The van der Waals surface area contributed by atoms with Crippen molar-refractivity contribution in [3.05, 3.63) is 41.9 Å². The summed E-state index contributed by atoms with van der Waals surface area (Å²) in [6.45, 7) is 6.03. The Morgan fingerprint density at radius 1 is 1.09 bits per heavy atom. The molecular weight excluding hydrogens is 290 g/mol. The average molecular weight is 313 g/mol. The van der Waals surface area contributed by atoms with Gasteiger partial charge >= 0.3 is 0 Å². The van der Waals surface area contributed by atoms with Gasteiger partial charge in [0.1, 0.15) is 11.9 Å². The van der Waals surface area contributed by atoms with Crippen LogP contribution in [0, 0.1) is 13.8 Å². The number of nitrogens with zero attached hydrogens (tertiary/aromatic N) is 3. The molecule has 0 radical (unpaired) electrons. The van der Waals surface area contributed by atoms with Crippen LogP contribution in [0.5, 0.6) is 11.6 Å². The Morgan fingerprint density at radius 2 is 1.87 bits per heavy atom. The van der Waals surface area contributed by atoms with Crippen molar-refractivity contribution in [2.24, 2.45) is 0 Å². The first-order chi connectivity index (χ1) is 11.2. The molecule has 0 atom stereocenters. The van der Waals surface area contributed by atoms with Crippen LogP contribution in [-0.2, 0) is 0 Å². The second-order valence-electron chi connectivity index (χ2n) is 5.88. The van der Waals surface area contributed by atoms with Crippen molar-refractivity contribution in [2.45, 2.75) is 32.8 Å². The number of hydrogen-bond donors (Lipinski definition) is 0. The van der Waals surface area contributed by atoms with Crippen LogP contribution in [-0.4, -0.2) is 36.3 Å². The number of aromatic nitrogens is 2. The SMILES string of the molecule is COc1ccc(N2CCC(Oc3ccnc(C)c3C)CC2)cn1. The molecule has 5 nitrogen and oxygen atoms in total. The zero-order valence-electron chi connectivity index (χ0n) is 14.0. The van der Waals surface area contributed by atoms with Crippen LogP contribution in [0.4, 0.5) is 5.69 Å².